The zero-order valence-corrected chi connectivity index (χ0v) is 8.13. The Balaban J connectivity index is 2.81. The molecule has 0 spiro atoms. The Hall–Kier alpha value is -0.890. The summed E-state index contributed by atoms with van der Waals surface area (Å²) in [6.07, 6.45) is -1.03. The van der Waals surface area contributed by atoms with Gasteiger partial charge in [-0.05, 0) is 17.0 Å². The van der Waals surface area contributed by atoms with Gasteiger partial charge in [0.1, 0.15) is 6.17 Å². The van der Waals surface area contributed by atoms with Crippen molar-refractivity contribution in [3.63, 3.8) is 0 Å². The van der Waals surface area contributed by atoms with Gasteiger partial charge in [-0.3, -0.25) is 0 Å². The summed E-state index contributed by atoms with van der Waals surface area (Å²) in [5.41, 5.74) is 7.13. The van der Waals surface area contributed by atoms with E-state index in [1.807, 2.05) is 24.3 Å². The van der Waals surface area contributed by atoms with Crippen LogP contribution in [-0.2, 0) is 0 Å². The van der Waals surface area contributed by atoms with Crippen LogP contribution in [0, 0.1) is 0 Å². The molecule has 2 heteroatoms. The molecule has 1 atom stereocenters. The van der Waals surface area contributed by atoms with Crippen LogP contribution in [0.2, 0.25) is 0 Å². The fraction of sp³-hybridized carbons (Fsp3) is 0.455. The number of hydrogen-bond donors (Lipinski definition) is 1. The highest BCUT2D eigenvalue weighted by Gasteiger charge is 2.06. The third kappa shape index (κ3) is 2.52. The summed E-state index contributed by atoms with van der Waals surface area (Å²) in [4.78, 5) is 0. The lowest BCUT2D eigenvalue weighted by molar-refractivity contribution is 0.353. The van der Waals surface area contributed by atoms with E-state index in [1.165, 1.54) is 5.56 Å². The van der Waals surface area contributed by atoms with Gasteiger partial charge in [-0.15, -0.1) is 0 Å². The van der Waals surface area contributed by atoms with Gasteiger partial charge in [0.05, 0.1) is 0 Å². The highest BCUT2D eigenvalue weighted by Crippen LogP contribution is 2.19. The summed E-state index contributed by atoms with van der Waals surface area (Å²) in [5.74, 6) is 0.491. The Morgan fingerprint density at radius 3 is 2.00 bits per heavy atom. The lowest BCUT2D eigenvalue weighted by Crippen LogP contribution is -2.07. The minimum Gasteiger partial charge on any atom is -0.327 e. The number of hydrogen-bond acceptors (Lipinski definition) is 1. The molecule has 0 aliphatic carbocycles. The molecule has 0 saturated heterocycles. The van der Waals surface area contributed by atoms with Gasteiger partial charge in [0.2, 0.25) is 0 Å². The molecule has 2 N–H and O–H groups in total. The lowest BCUT2D eigenvalue weighted by Gasteiger charge is -2.08. The SMILES string of the molecule is CC(C)c1ccc(C(F)CN)cc1. The van der Waals surface area contributed by atoms with Gasteiger partial charge in [-0.25, -0.2) is 4.39 Å². The Morgan fingerprint density at radius 2 is 1.62 bits per heavy atom. The Bertz CT molecular complexity index is 253. The van der Waals surface area contributed by atoms with E-state index in [0.29, 0.717) is 11.5 Å². The van der Waals surface area contributed by atoms with Crippen molar-refractivity contribution < 1.29 is 4.39 Å². The summed E-state index contributed by atoms with van der Waals surface area (Å²) >= 11 is 0. The molecule has 0 fully saturated rings. The Morgan fingerprint density at radius 1 is 1.15 bits per heavy atom. The number of alkyl halides is 1. The molecule has 0 aliphatic heterocycles. The number of benzene rings is 1. The van der Waals surface area contributed by atoms with E-state index in [4.69, 9.17) is 5.73 Å². The molecule has 1 rings (SSSR count). The van der Waals surface area contributed by atoms with Crippen molar-refractivity contribution in [2.75, 3.05) is 6.54 Å². The van der Waals surface area contributed by atoms with Gasteiger partial charge < -0.3 is 5.73 Å². The quantitative estimate of drug-likeness (QED) is 0.762. The maximum absolute atomic E-state index is 13.1. The van der Waals surface area contributed by atoms with Crippen LogP contribution in [0.1, 0.15) is 37.1 Å². The second-order valence-electron chi connectivity index (χ2n) is 3.52. The van der Waals surface area contributed by atoms with Crippen molar-refractivity contribution in [2.45, 2.75) is 25.9 Å². The molecule has 1 aromatic carbocycles. The third-order valence-electron chi connectivity index (χ3n) is 2.17. The maximum Gasteiger partial charge on any atom is 0.137 e. The molecule has 0 amide bonds. The molecular weight excluding hydrogens is 165 g/mol. The first-order valence-corrected chi connectivity index (χ1v) is 4.59. The largest absolute Gasteiger partial charge is 0.327 e. The zero-order chi connectivity index (χ0) is 9.84. The van der Waals surface area contributed by atoms with Gasteiger partial charge in [-0.2, -0.15) is 0 Å². The standard InChI is InChI=1S/C11H16FN/c1-8(2)9-3-5-10(6-4-9)11(12)7-13/h3-6,8,11H,7,13H2,1-2H3. The van der Waals surface area contributed by atoms with Gasteiger partial charge in [0, 0.05) is 6.54 Å². The molecule has 0 saturated carbocycles. The van der Waals surface area contributed by atoms with Crippen LogP contribution in [0.4, 0.5) is 4.39 Å². The highest BCUT2D eigenvalue weighted by molar-refractivity contribution is 5.26. The van der Waals surface area contributed by atoms with E-state index in [1.54, 1.807) is 0 Å². The first-order valence-electron chi connectivity index (χ1n) is 4.59. The molecule has 0 heterocycles. The first-order chi connectivity index (χ1) is 6.15. The topological polar surface area (TPSA) is 26.0 Å². The van der Waals surface area contributed by atoms with Crippen LogP contribution >= 0.6 is 0 Å². The fourth-order valence-corrected chi connectivity index (χ4v) is 1.23. The average molecular weight is 181 g/mol. The first kappa shape index (κ1) is 10.2. The number of rotatable bonds is 3. The van der Waals surface area contributed by atoms with Crippen LogP contribution in [0.5, 0.6) is 0 Å². The van der Waals surface area contributed by atoms with E-state index in [9.17, 15) is 4.39 Å². The van der Waals surface area contributed by atoms with Crippen molar-refractivity contribution in [3.05, 3.63) is 35.4 Å². The third-order valence-corrected chi connectivity index (χ3v) is 2.17. The average Bonchev–Trinajstić information content (AvgIpc) is 2.17. The van der Waals surface area contributed by atoms with Gasteiger partial charge in [0.15, 0.2) is 0 Å². The number of halogens is 1. The molecule has 1 nitrogen and oxygen atoms in total. The molecule has 1 unspecified atom stereocenters. The van der Waals surface area contributed by atoms with Gasteiger partial charge in [0.25, 0.3) is 0 Å². The predicted octanol–water partition coefficient (Wildman–Crippen LogP) is 2.78. The molecular formula is C11H16FN. The minimum atomic E-state index is -1.03. The molecule has 1 aromatic rings. The molecule has 13 heavy (non-hydrogen) atoms. The molecule has 0 aliphatic rings. The zero-order valence-electron chi connectivity index (χ0n) is 8.13. The molecule has 0 aromatic heterocycles. The summed E-state index contributed by atoms with van der Waals surface area (Å²) < 4.78 is 13.1. The molecule has 0 radical (unpaired) electrons. The lowest BCUT2D eigenvalue weighted by atomic mass is 10.0. The predicted molar refractivity (Wildman–Crippen MR) is 53.4 cm³/mol. The summed E-state index contributed by atoms with van der Waals surface area (Å²) in [6, 6.07) is 7.55. The fourth-order valence-electron chi connectivity index (χ4n) is 1.23. The monoisotopic (exact) mass is 181 g/mol. The van der Waals surface area contributed by atoms with Crippen LogP contribution in [-0.4, -0.2) is 6.54 Å². The summed E-state index contributed by atoms with van der Waals surface area (Å²) in [6.45, 7) is 4.29. The van der Waals surface area contributed by atoms with Gasteiger partial charge in [-0.1, -0.05) is 38.1 Å². The maximum atomic E-state index is 13.1. The van der Waals surface area contributed by atoms with E-state index >= 15 is 0 Å². The minimum absolute atomic E-state index is 0.0566. The van der Waals surface area contributed by atoms with E-state index in [2.05, 4.69) is 13.8 Å². The summed E-state index contributed by atoms with van der Waals surface area (Å²) in [5, 5.41) is 0. The smallest absolute Gasteiger partial charge is 0.137 e. The molecule has 0 bridgehead atoms. The van der Waals surface area contributed by atoms with E-state index < -0.39 is 6.17 Å². The highest BCUT2D eigenvalue weighted by atomic mass is 19.1. The Labute approximate surface area is 78.8 Å². The second-order valence-corrected chi connectivity index (χ2v) is 3.52. The van der Waals surface area contributed by atoms with Crippen molar-refractivity contribution in [1.29, 1.82) is 0 Å². The van der Waals surface area contributed by atoms with Crippen molar-refractivity contribution >= 4 is 0 Å². The van der Waals surface area contributed by atoms with E-state index in [-0.39, 0.29) is 6.54 Å². The van der Waals surface area contributed by atoms with Crippen LogP contribution in [0.3, 0.4) is 0 Å². The van der Waals surface area contributed by atoms with Crippen molar-refractivity contribution in [3.8, 4) is 0 Å². The summed E-state index contributed by atoms with van der Waals surface area (Å²) in [7, 11) is 0. The molecule has 72 valence electrons. The van der Waals surface area contributed by atoms with Gasteiger partial charge >= 0.3 is 0 Å². The Kier molecular flexibility index (Phi) is 3.43. The van der Waals surface area contributed by atoms with Crippen LogP contribution in [0.25, 0.3) is 0 Å². The normalized spacial score (nSPS) is 13.3. The van der Waals surface area contributed by atoms with E-state index in [0.717, 1.165) is 0 Å². The second kappa shape index (κ2) is 4.38. The van der Waals surface area contributed by atoms with Crippen LogP contribution in [0.15, 0.2) is 24.3 Å². The number of nitrogens with two attached hydrogens (primary N) is 1. The van der Waals surface area contributed by atoms with Crippen molar-refractivity contribution in [2.24, 2.45) is 5.73 Å². The van der Waals surface area contributed by atoms with Crippen LogP contribution < -0.4 is 5.73 Å². The van der Waals surface area contributed by atoms with Crippen molar-refractivity contribution in [1.82, 2.24) is 0 Å².